The van der Waals surface area contributed by atoms with Crippen LogP contribution in [0.15, 0.2) is 24.4 Å². The lowest BCUT2D eigenvalue weighted by Gasteiger charge is -2.29. The van der Waals surface area contributed by atoms with Crippen molar-refractivity contribution in [3.05, 3.63) is 35.5 Å². The number of sulfone groups is 1. The van der Waals surface area contributed by atoms with E-state index in [-0.39, 0.29) is 23.7 Å². The molecule has 1 aliphatic carbocycles. The Kier molecular flexibility index (Phi) is 4.42. The molecule has 1 aromatic carbocycles. The SMILES string of the molecule is Cc1ccc2c(CC(=O)N(C(C)CS(C)(=O)=O)C3CC3)c[nH]c2c1. The van der Waals surface area contributed by atoms with Gasteiger partial charge in [0.25, 0.3) is 0 Å². The summed E-state index contributed by atoms with van der Waals surface area (Å²) >= 11 is 0. The van der Waals surface area contributed by atoms with Crippen molar-refractivity contribution in [3.8, 4) is 0 Å². The minimum atomic E-state index is -3.11. The number of H-pyrrole nitrogens is 1. The Labute approximate surface area is 143 Å². The van der Waals surface area contributed by atoms with Gasteiger partial charge in [0, 0.05) is 35.4 Å². The Hall–Kier alpha value is -1.82. The number of aromatic amines is 1. The Balaban J connectivity index is 1.80. The minimum absolute atomic E-state index is 0.00938. The Morgan fingerprint density at radius 1 is 1.38 bits per heavy atom. The first-order valence-electron chi connectivity index (χ1n) is 8.30. The van der Waals surface area contributed by atoms with E-state index in [1.54, 1.807) is 4.90 Å². The number of amides is 1. The fourth-order valence-corrected chi connectivity index (χ4v) is 4.42. The zero-order chi connectivity index (χ0) is 17.5. The maximum atomic E-state index is 12.8. The number of nitrogens with zero attached hydrogens (tertiary/aromatic N) is 1. The van der Waals surface area contributed by atoms with E-state index < -0.39 is 9.84 Å². The van der Waals surface area contributed by atoms with E-state index in [4.69, 9.17) is 0 Å². The summed E-state index contributed by atoms with van der Waals surface area (Å²) in [7, 11) is -3.11. The van der Waals surface area contributed by atoms with Gasteiger partial charge in [0.15, 0.2) is 0 Å². The van der Waals surface area contributed by atoms with Gasteiger partial charge in [0.2, 0.25) is 5.91 Å². The average Bonchev–Trinajstić information content (AvgIpc) is 3.19. The van der Waals surface area contributed by atoms with Crippen molar-refractivity contribution < 1.29 is 13.2 Å². The third kappa shape index (κ3) is 3.80. The monoisotopic (exact) mass is 348 g/mol. The van der Waals surface area contributed by atoms with Crippen LogP contribution in [0.2, 0.25) is 0 Å². The van der Waals surface area contributed by atoms with Crippen LogP contribution in [0.1, 0.15) is 30.9 Å². The highest BCUT2D eigenvalue weighted by Crippen LogP contribution is 2.30. The molecule has 0 radical (unpaired) electrons. The molecule has 24 heavy (non-hydrogen) atoms. The molecular weight excluding hydrogens is 324 g/mol. The number of aryl methyl sites for hydroxylation is 1. The first kappa shape index (κ1) is 17.0. The molecule has 1 aromatic heterocycles. The molecule has 1 fully saturated rings. The van der Waals surface area contributed by atoms with Crippen molar-refractivity contribution in [2.24, 2.45) is 0 Å². The number of carbonyl (C=O) groups is 1. The third-order valence-electron chi connectivity index (χ3n) is 4.51. The lowest BCUT2D eigenvalue weighted by molar-refractivity contribution is -0.132. The van der Waals surface area contributed by atoms with Crippen LogP contribution < -0.4 is 0 Å². The van der Waals surface area contributed by atoms with Crippen LogP contribution in [0, 0.1) is 6.92 Å². The molecule has 5 nitrogen and oxygen atoms in total. The summed E-state index contributed by atoms with van der Waals surface area (Å²) in [5, 5.41) is 1.06. The smallest absolute Gasteiger partial charge is 0.227 e. The van der Waals surface area contributed by atoms with Gasteiger partial charge in [-0.25, -0.2) is 8.42 Å². The quantitative estimate of drug-likeness (QED) is 0.872. The van der Waals surface area contributed by atoms with Gasteiger partial charge in [0.1, 0.15) is 9.84 Å². The molecule has 0 spiro atoms. The molecule has 1 heterocycles. The van der Waals surface area contributed by atoms with Gasteiger partial charge >= 0.3 is 0 Å². The molecule has 130 valence electrons. The molecule has 1 saturated carbocycles. The first-order valence-corrected chi connectivity index (χ1v) is 10.4. The lowest BCUT2D eigenvalue weighted by atomic mass is 10.1. The summed E-state index contributed by atoms with van der Waals surface area (Å²) in [5.74, 6) is 0.0256. The van der Waals surface area contributed by atoms with Crippen LogP contribution in [-0.4, -0.2) is 48.3 Å². The number of hydrogen-bond acceptors (Lipinski definition) is 3. The molecule has 0 saturated heterocycles. The highest BCUT2D eigenvalue weighted by atomic mass is 32.2. The zero-order valence-electron chi connectivity index (χ0n) is 14.4. The molecule has 2 aromatic rings. The van der Waals surface area contributed by atoms with E-state index in [1.165, 1.54) is 11.8 Å². The number of hydrogen-bond donors (Lipinski definition) is 1. The molecule has 0 aliphatic heterocycles. The summed E-state index contributed by atoms with van der Waals surface area (Å²) in [6.07, 6.45) is 5.34. The van der Waals surface area contributed by atoms with Crippen LogP contribution in [0.5, 0.6) is 0 Å². The van der Waals surface area contributed by atoms with Crippen molar-refractivity contribution in [2.45, 2.75) is 45.2 Å². The number of rotatable bonds is 6. The summed E-state index contributed by atoms with van der Waals surface area (Å²) < 4.78 is 23.2. The molecule has 1 amide bonds. The Morgan fingerprint density at radius 3 is 2.71 bits per heavy atom. The van der Waals surface area contributed by atoms with Gasteiger partial charge in [-0.3, -0.25) is 4.79 Å². The van der Waals surface area contributed by atoms with Gasteiger partial charge in [0.05, 0.1) is 12.2 Å². The van der Waals surface area contributed by atoms with E-state index in [9.17, 15) is 13.2 Å². The minimum Gasteiger partial charge on any atom is -0.361 e. The second-order valence-corrected chi connectivity index (χ2v) is 9.20. The molecule has 1 unspecified atom stereocenters. The number of carbonyl (C=O) groups excluding carboxylic acids is 1. The summed E-state index contributed by atoms with van der Waals surface area (Å²) in [6.45, 7) is 3.86. The van der Waals surface area contributed by atoms with Gasteiger partial charge in [-0.2, -0.15) is 0 Å². The van der Waals surface area contributed by atoms with E-state index in [1.807, 2.05) is 32.2 Å². The summed E-state index contributed by atoms with van der Waals surface area (Å²) in [4.78, 5) is 17.9. The number of nitrogens with one attached hydrogen (secondary N) is 1. The average molecular weight is 348 g/mol. The van der Waals surface area contributed by atoms with Gasteiger partial charge in [-0.05, 0) is 43.9 Å². The Morgan fingerprint density at radius 2 is 2.08 bits per heavy atom. The van der Waals surface area contributed by atoms with Gasteiger partial charge < -0.3 is 9.88 Å². The van der Waals surface area contributed by atoms with Crippen molar-refractivity contribution in [3.63, 3.8) is 0 Å². The molecular formula is C18H24N2O3S. The molecule has 3 rings (SSSR count). The maximum Gasteiger partial charge on any atom is 0.227 e. The fourth-order valence-electron chi connectivity index (χ4n) is 3.38. The van der Waals surface area contributed by atoms with Gasteiger partial charge in [-0.15, -0.1) is 0 Å². The number of benzene rings is 1. The highest BCUT2D eigenvalue weighted by Gasteiger charge is 2.36. The predicted molar refractivity (Wildman–Crippen MR) is 95.8 cm³/mol. The van der Waals surface area contributed by atoms with Crippen LogP contribution in [0.4, 0.5) is 0 Å². The summed E-state index contributed by atoms with van der Waals surface area (Å²) in [5.41, 5.74) is 3.16. The highest BCUT2D eigenvalue weighted by molar-refractivity contribution is 7.90. The van der Waals surface area contributed by atoms with E-state index in [0.29, 0.717) is 6.42 Å². The standard InChI is InChI=1S/C18H24N2O3S/c1-12-4-7-16-14(10-19-17(16)8-12)9-18(21)20(15-5-6-15)13(2)11-24(3,22)23/h4,7-8,10,13,15,19H,5-6,9,11H2,1-3H3. The molecule has 6 heteroatoms. The second-order valence-electron chi connectivity index (χ2n) is 7.01. The largest absolute Gasteiger partial charge is 0.361 e. The van der Waals surface area contributed by atoms with E-state index in [2.05, 4.69) is 11.1 Å². The second kappa shape index (κ2) is 6.24. The molecule has 1 aliphatic rings. The van der Waals surface area contributed by atoms with Crippen molar-refractivity contribution in [2.75, 3.05) is 12.0 Å². The Bertz CT molecular complexity index is 866. The van der Waals surface area contributed by atoms with E-state index in [0.717, 1.165) is 29.3 Å². The van der Waals surface area contributed by atoms with Gasteiger partial charge in [-0.1, -0.05) is 12.1 Å². The van der Waals surface area contributed by atoms with E-state index >= 15 is 0 Å². The molecule has 1 atom stereocenters. The van der Waals surface area contributed by atoms with Crippen molar-refractivity contribution >= 4 is 26.6 Å². The predicted octanol–water partition coefficient (Wildman–Crippen LogP) is 2.44. The van der Waals surface area contributed by atoms with Crippen molar-refractivity contribution in [1.29, 1.82) is 0 Å². The first-order chi connectivity index (χ1) is 11.2. The maximum absolute atomic E-state index is 12.8. The molecule has 1 N–H and O–H groups in total. The van der Waals surface area contributed by atoms with Crippen LogP contribution in [0.3, 0.4) is 0 Å². The normalized spacial score (nSPS) is 16.3. The third-order valence-corrected chi connectivity index (χ3v) is 5.60. The molecule has 0 bridgehead atoms. The lowest BCUT2D eigenvalue weighted by Crippen LogP contribution is -2.44. The topological polar surface area (TPSA) is 70.2 Å². The number of fused-ring (bicyclic) bond motifs is 1. The van der Waals surface area contributed by atoms with Crippen LogP contribution in [-0.2, 0) is 21.1 Å². The van der Waals surface area contributed by atoms with Crippen LogP contribution in [0.25, 0.3) is 10.9 Å². The number of aromatic nitrogens is 1. The fraction of sp³-hybridized carbons (Fsp3) is 0.500. The zero-order valence-corrected chi connectivity index (χ0v) is 15.2. The van der Waals surface area contributed by atoms with Crippen molar-refractivity contribution in [1.82, 2.24) is 9.88 Å². The van der Waals surface area contributed by atoms with Crippen LogP contribution >= 0.6 is 0 Å². The summed E-state index contributed by atoms with van der Waals surface area (Å²) in [6, 6.07) is 6.04.